The molecule has 0 saturated carbocycles. The molecule has 3 unspecified atom stereocenters. The molecular weight excluding hydrogens is 909 g/mol. The van der Waals surface area contributed by atoms with E-state index in [2.05, 4.69) is 20.8 Å². The Labute approximate surface area is 444 Å². The van der Waals surface area contributed by atoms with Gasteiger partial charge in [0.2, 0.25) is 0 Å². The molecule has 0 aliphatic carbocycles. The summed E-state index contributed by atoms with van der Waals surface area (Å²) in [7, 11) is 0. The molecule has 0 aliphatic heterocycles. The number of ether oxygens (including phenoxy) is 7. The lowest BCUT2D eigenvalue weighted by atomic mass is 10.0. The van der Waals surface area contributed by atoms with E-state index in [-0.39, 0.29) is 33.0 Å². The summed E-state index contributed by atoms with van der Waals surface area (Å²) in [5.41, 5.74) is 0. The Balaban J connectivity index is 4.83. The van der Waals surface area contributed by atoms with Gasteiger partial charge >= 0.3 is 11.9 Å². The van der Waals surface area contributed by atoms with Gasteiger partial charge in [-0.3, -0.25) is 0 Å². The highest BCUT2D eigenvalue weighted by Crippen LogP contribution is 2.16. The highest BCUT2D eigenvalue weighted by molar-refractivity contribution is 5.68. The molecule has 0 aliphatic rings. The number of carboxylic acid groups (broad SMARTS) is 2. The predicted octanol–water partition coefficient (Wildman–Crippen LogP) is 16.8. The van der Waals surface area contributed by atoms with Crippen LogP contribution in [0.1, 0.15) is 290 Å². The fourth-order valence-electron chi connectivity index (χ4n) is 9.23. The Morgan fingerprint density at radius 2 is 0.458 bits per heavy atom. The average molecular weight is 1030 g/mol. The fraction of sp³-hybridized carbons (Fsp3) is 0.967. The van der Waals surface area contributed by atoms with Crippen molar-refractivity contribution >= 4 is 11.9 Å². The SMILES string of the molecule is CCCCCCCCCCCCCCCCOCC(COCC(COCCCCCCCCCCCCCCCC)OCC(COCCCCCCCCCCCCCCCC)OCC(=O)O)OCC(=O)O. The maximum atomic E-state index is 11.5. The molecule has 0 amide bonds. The van der Waals surface area contributed by atoms with Crippen molar-refractivity contribution in [1.82, 2.24) is 0 Å². The van der Waals surface area contributed by atoms with Crippen LogP contribution in [0.4, 0.5) is 0 Å². The van der Waals surface area contributed by atoms with Crippen molar-refractivity contribution < 1.29 is 53.0 Å². The van der Waals surface area contributed by atoms with Crippen molar-refractivity contribution in [3.8, 4) is 0 Å². The molecule has 3 atom stereocenters. The van der Waals surface area contributed by atoms with Crippen LogP contribution in [-0.2, 0) is 42.7 Å². The third-order valence-corrected chi connectivity index (χ3v) is 13.8. The van der Waals surface area contributed by atoms with E-state index in [9.17, 15) is 19.8 Å². The highest BCUT2D eigenvalue weighted by Gasteiger charge is 2.19. The summed E-state index contributed by atoms with van der Waals surface area (Å²) in [6, 6.07) is 0. The van der Waals surface area contributed by atoms with Crippen LogP contribution < -0.4 is 0 Å². The second-order valence-electron chi connectivity index (χ2n) is 21.2. The quantitative estimate of drug-likeness (QED) is 0.0563. The van der Waals surface area contributed by atoms with Gasteiger partial charge in [0, 0.05) is 19.8 Å². The van der Waals surface area contributed by atoms with Crippen LogP contribution in [0.15, 0.2) is 0 Å². The van der Waals surface area contributed by atoms with E-state index in [1.807, 2.05) is 0 Å². The molecule has 11 nitrogen and oxygen atoms in total. The molecule has 430 valence electrons. The number of hydrogen-bond donors (Lipinski definition) is 2. The van der Waals surface area contributed by atoms with E-state index in [1.165, 1.54) is 231 Å². The summed E-state index contributed by atoms with van der Waals surface area (Å²) >= 11 is 0. The van der Waals surface area contributed by atoms with E-state index in [0.717, 1.165) is 38.5 Å². The highest BCUT2D eigenvalue weighted by atomic mass is 16.6. The molecule has 11 heteroatoms. The largest absolute Gasteiger partial charge is 0.480 e. The van der Waals surface area contributed by atoms with Gasteiger partial charge in [0.25, 0.3) is 0 Å². The van der Waals surface area contributed by atoms with Crippen molar-refractivity contribution in [3.63, 3.8) is 0 Å². The molecule has 0 fully saturated rings. The molecule has 2 N–H and O–H groups in total. The Morgan fingerprint density at radius 1 is 0.264 bits per heavy atom. The summed E-state index contributed by atoms with van der Waals surface area (Å²) in [5, 5.41) is 18.7. The summed E-state index contributed by atoms with van der Waals surface area (Å²) in [6.07, 6.45) is 52.9. The molecule has 0 spiro atoms. The molecule has 0 bridgehead atoms. The van der Waals surface area contributed by atoms with Crippen molar-refractivity contribution in [2.45, 2.75) is 309 Å². The zero-order valence-electron chi connectivity index (χ0n) is 47.8. The lowest BCUT2D eigenvalue weighted by Crippen LogP contribution is -2.35. The third kappa shape index (κ3) is 57.9. The minimum atomic E-state index is -1.04. The Kier molecular flexibility index (Phi) is 59.4. The van der Waals surface area contributed by atoms with Gasteiger partial charge in [-0.05, 0) is 19.3 Å². The van der Waals surface area contributed by atoms with Gasteiger partial charge in [-0.2, -0.15) is 0 Å². The van der Waals surface area contributed by atoms with Gasteiger partial charge in [-0.25, -0.2) is 9.59 Å². The van der Waals surface area contributed by atoms with E-state index < -0.39 is 43.5 Å². The monoisotopic (exact) mass is 1030 g/mol. The molecular formula is C61H120O11. The Morgan fingerprint density at radius 3 is 0.694 bits per heavy atom. The zero-order chi connectivity index (χ0) is 52.3. The van der Waals surface area contributed by atoms with Crippen molar-refractivity contribution in [3.05, 3.63) is 0 Å². The molecule has 0 aromatic carbocycles. The summed E-state index contributed by atoms with van der Waals surface area (Å²) in [4.78, 5) is 22.9. The second kappa shape index (κ2) is 60.5. The minimum absolute atomic E-state index is 0.128. The number of unbranched alkanes of at least 4 members (excludes halogenated alkanes) is 39. The maximum Gasteiger partial charge on any atom is 0.329 e. The molecule has 0 radical (unpaired) electrons. The van der Waals surface area contributed by atoms with Crippen LogP contribution in [-0.4, -0.2) is 113 Å². The van der Waals surface area contributed by atoms with Gasteiger partial charge < -0.3 is 43.4 Å². The average Bonchev–Trinajstić information content (AvgIpc) is 3.37. The number of rotatable bonds is 64. The number of carbonyl (C=O) groups is 2. The van der Waals surface area contributed by atoms with Gasteiger partial charge in [-0.15, -0.1) is 0 Å². The first-order chi connectivity index (χ1) is 35.4. The molecule has 72 heavy (non-hydrogen) atoms. The maximum absolute atomic E-state index is 11.5. The standard InChI is InChI=1S/C61H120O11/c1-4-7-10-13-16-19-22-25-28-31-34-37-40-43-46-66-49-57(70-54-59(72-56-61(64)65)51-68-48-45-42-39-36-33-30-27-24-21-18-15-12-9-6-3)52-69-53-58(71-55-60(62)63)50-67-47-44-41-38-35-32-29-26-23-20-17-14-11-8-5-2/h57-59H,4-56H2,1-3H3,(H,62,63)(H,64,65). The van der Waals surface area contributed by atoms with Crippen molar-refractivity contribution in [2.24, 2.45) is 0 Å². The zero-order valence-corrected chi connectivity index (χ0v) is 47.8. The molecule has 0 aromatic rings. The van der Waals surface area contributed by atoms with E-state index >= 15 is 0 Å². The van der Waals surface area contributed by atoms with Crippen LogP contribution >= 0.6 is 0 Å². The predicted molar refractivity (Wildman–Crippen MR) is 299 cm³/mol. The first-order valence-corrected chi connectivity index (χ1v) is 31.0. The fourth-order valence-corrected chi connectivity index (χ4v) is 9.23. The van der Waals surface area contributed by atoms with E-state index in [0.29, 0.717) is 26.4 Å². The van der Waals surface area contributed by atoms with E-state index in [4.69, 9.17) is 33.2 Å². The topological polar surface area (TPSA) is 139 Å². The van der Waals surface area contributed by atoms with Gasteiger partial charge in [0.05, 0.1) is 39.6 Å². The number of aliphatic carboxylic acids is 2. The van der Waals surface area contributed by atoms with Crippen LogP contribution in [0.5, 0.6) is 0 Å². The molecule has 0 saturated heterocycles. The molecule has 0 heterocycles. The number of hydrogen-bond acceptors (Lipinski definition) is 9. The van der Waals surface area contributed by atoms with Crippen molar-refractivity contribution in [2.75, 3.05) is 72.7 Å². The molecule has 0 rings (SSSR count). The van der Waals surface area contributed by atoms with Crippen LogP contribution in [0.2, 0.25) is 0 Å². The first kappa shape index (κ1) is 70.7. The van der Waals surface area contributed by atoms with Crippen LogP contribution in [0.3, 0.4) is 0 Å². The molecule has 0 aromatic heterocycles. The Hall–Kier alpha value is -1.34. The third-order valence-electron chi connectivity index (χ3n) is 13.8. The first-order valence-electron chi connectivity index (χ1n) is 31.0. The van der Waals surface area contributed by atoms with Gasteiger partial charge in [0.1, 0.15) is 31.5 Å². The lowest BCUT2D eigenvalue weighted by molar-refractivity contribution is -0.154. The van der Waals surface area contributed by atoms with E-state index in [1.54, 1.807) is 0 Å². The smallest absolute Gasteiger partial charge is 0.329 e. The lowest BCUT2D eigenvalue weighted by Gasteiger charge is -2.24. The van der Waals surface area contributed by atoms with Crippen molar-refractivity contribution in [1.29, 1.82) is 0 Å². The Bertz CT molecular complexity index is 1060. The summed E-state index contributed by atoms with van der Waals surface area (Å²) in [5.74, 6) is -2.08. The van der Waals surface area contributed by atoms with Crippen LogP contribution in [0.25, 0.3) is 0 Å². The summed E-state index contributed by atoms with van der Waals surface area (Å²) < 4.78 is 41.8. The normalized spacial score (nSPS) is 13.0. The summed E-state index contributed by atoms with van der Waals surface area (Å²) in [6.45, 7) is 9.02. The van der Waals surface area contributed by atoms with Gasteiger partial charge in [0.15, 0.2) is 0 Å². The second-order valence-corrected chi connectivity index (χ2v) is 21.2. The minimum Gasteiger partial charge on any atom is -0.480 e. The van der Waals surface area contributed by atoms with Gasteiger partial charge in [-0.1, -0.05) is 271 Å². The number of carboxylic acids is 2. The van der Waals surface area contributed by atoms with Crippen LogP contribution in [0, 0.1) is 0 Å².